The lowest BCUT2D eigenvalue weighted by Crippen LogP contribution is -2.23. The monoisotopic (exact) mass is 421 g/mol. The van der Waals surface area contributed by atoms with Crippen LogP contribution in [0.25, 0.3) is 6.08 Å². The lowest BCUT2D eigenvalue weighted by Gasteiger charge is -2.13. The van der Waals surface area contributed by atoms with Crippen molar-refractivity contribution in [2.24, 2.45) is 0 Å². The molecule has 0 saturated carbocycles. The average molecular weight is 422 g/mol. The Bertz CT molecular complexity index is 826. The van der Waals surface area contributed by atoms with Crippen LogP contribution >= 0.6 is 23.4 Å². The smallest absolute Gasteiger partial charge is 0.244 e. The van der Waals surface area contributed by atoms with Crippen LogP contribution < -0.4 is 19.5 Å². The fourth-order valence-corrected chi connectivity index (χ4v) is 3.67. The number of amides is 1. The molecule has 0 fully saturated rings. The Kier molecular flexibility index (Phi) is 9.04. The van der Waals surface area contributed by atoms with Gasteiger partial charge < -0.3 is 19.5 Å². The van der Waals surface area contributed by atoms with Crippen molar-refractivity contribution in [1.82, 2.24) is 5.32 Å². The van der Waals surface area contributed by atoms with Gasteiger partial charge in [-0.3, -0.25) is 4.79 Å². The van der Waals surface area contributed by atoms with Crippen molar-refractivity contribution in [3.05, 3.63) is 58.6 Å². The Morgan fingerprint density at radius 2 is 1.82 bits per heavy atom. The molecule has 0 bridgehead atoms. The highest BCUT2D eigenvalue weighted by Crippen LogP contribution is 2.40. The summed E-state index contributed by atoms with van der Waals surface area (Å²) in [6.45, 7) is 0.571. The highest BCUT2D eigenvalue weighted by atomic mass is 35.5. The molecule has 0 atom stereocenters. The summed E-state index contributed by atoms with van der Waals surface area (Å²) in [5.41, 5.74) is 1.82. The molecule has 150 valence electrons. The van der Waals surface area contributed by atoms with Crippen LogP contribution in [0.3, 0.4) is 0 Å². The van der Waals surface area contributed by atoms with Crippen molar-refractivity contribution in [1.29, 1.82) is 0 Å². The molecule has 0 aromatic heterocycles. The van der Waals surface area contributed by atoms with Crippen LogP contribution in [0, 0.1) is 0 Å². The molecule has 0 heterocycles. The number of methoxy groups -OCH3 is 3. The molecule has 2 rings (SSSR count). The van der Waals surface area contributed by atoms with E-state index in [2.05, 4.69) is 5.32 Å². The minimum Gasteiger partial charge on any atom is -0.493 e. The number of thioether (sulfide) groups is 1. The van der Waals surface area contributed by atoms with Crippen LogP contribution in [-0.2, 0) is 10.5 Å². The Balaban J connectivity index is 1.84. The van der Waals surface area contributed by atoms with E-state index in [0.717, 1.165) is 27.7 Å². The van der Waals surface area contributed by atoms with E-state index in [1.54, 1.807) is 45.2 Å². The number of halogens is 1. The highest BCUT2D eigenvalue weighted by Gasteiger charge is 2.14. The number of hydrogen-bond donors (Lipinski definition) is 1. The van der Waals surface area contributed by atoms with Gasteiger partial charge in [-0.2, -0.15) is 11.8 Å². The Morgan fingerprint density at radius 3 is 2.50 bits per heavy atom. The van der Waals surface area contributed by atoms with E-state index in [1.807, 2.05) is 30.3 Å². The number of rotatable bonds is 10. The van der Waals surface area contributed by atoms with Gasteiger partial charge in [-0.1, -0.05) is 29.8 Å². The molecule has 0 aliphatic heterocycles. The van der Waals surface area contributed by atoms with Gasteiger partial charge in [0.25, 0.3) is 0 Å². The first kappa shape index (κ1) is 22.0. The summed E-state index contributed by atoms with van der Waals surface area (Å²) in [7, 11) is 4.65. The first-order valence-electron chi connectivity index (χ1n) is 8.66. The maximum Gasteiger partial charge on any atom is 0.244 e. The summed E-state index contributed by atoms with van der Waals surface area (Å²) in [4.78, 5) is 12.1. The van der Waals surface area contributed by atoms with Gasteiger partial charge in [-0.05, 0) is 29.8 Å². The van der Waals surface area contributed by atoms with Gasteiger partial charge >= 0.3 is 0 Å². The van der Waals surface area contributed by atoms with E-state index in [-0.39, 0.29) is 5.91 Å². The van der Waals surface area contributed by atoms with E-state index in [4.69, 9.17) is 25.8 Å². The van der Waals surface area contributed by atoms with Crippen molar-refractivity contribution < 1.29 is 19.0 Å². The van der Waals surface area contributed by atoms with Gasteiger partial charge in [0.15, 0.2) is 11.5 Å². The molecule has 0 saturated heterocycles. The maximum absolute atomic E-state index is 12.1. The molecule has 0 radical (unpaired) electrons. The molecule has 5 nitrogen and oxygen atoms in total. The van der Waals surface area contributed by atoms with E-state index in [9.17, 15) is 4.79 Å². The second-order valence-corrected chi connectivity index (χ2v) is 7.20. The fourth-order valence-electron chi connectivity index (χ4n) is 2.52. The molecule has 1 amide bonds. The van der Waals surface area contributed by atoms with Gasteiger partial charge in [0.2, 0.25) is 11.7 Å². The van der Waals surface area contributed by atoms with Gasteiger partial charge in [0.1, 0.15) is 0 Å². The van der Waals surface area contributed by atoms with E-state index in [1.165, 1.54) is 6.08 Å². The molecule has 0 unspecified atom stereocenters. The third kappa shape index (κ3) is 6.11. The van der Waals surface area contributed by atoms with Crippen molar-refractivity contribution in [3.8, 4) is 17.2 Å². The number of hydrogen-bond acceptors (Lipinski definition) is 5. The minimum atomic E-state index is -0.171. The third-order valence-corrected chi connectivity index (χ3v) is 5.29. The SMILES string of the molecule is COc1ccc(C=CC(=O)NCCSCc2ccccc2Cl)c(OC)c1OC. The molecular formula is C21H24ClNO4S. The second-order valence-electron chi connectivity index (χ2n) is 5.69. The molecular weight excluding hydrogens is 398 g/mol. The lowest BCUT2D eigenvalue weighted by molar-refractivity contribution is -0.116. The van der Waals surface area contributed by atoms with Crippen LogP contribution in [0.15, 0.2) is 42.5 Å². The van der Waals surface area contributed by atoms with E-state index in [0.29, 0.717) is 23.8 Å². The Morgan fingerprint density at radius 1 is 1.07 bits per heavy atom. The summed E-state index contributed by atoms with van der Waals surface area (Å²) in [5, 5.41) is 3.64. The predicted octanol–water partition coefficient (Wildman–Crippen LogP) is 4.43. The van der Waals surface area contributed by atoms with Crippen molar-refractivity contribution in [2.75, 3.05) is 33.6 Å². The molecule has 2 aromatic carbocycles. The van der Waals surface area contributed by atoms with E-state index >= 15 is 0 Å². The van der Waals surface area contributed by atoms with E-state index < -0.39 is 0 Å². The standard InChI is InChI=1S/C21H24ClNO4S/c1-25-18-10-8-15(20(26-2)21(18)27-3)9-11-19(24)23-12-13-28-14-16-6-4-5-7-17(16)22/h4-11H,12-14H2,1-3H3,(H,23,24). The molecule has 0 spiro atoms. The fraction of sp³-hybridized carbons (Fsp3) is 0.286. The predicted molar refractivity (Wildman–Crippen MR) is 116 cm³/mol. The molecule has 1 N–H and O–H groups in total. The van der Waals surface area contributed by atoms with Crippen LogP contribution in [0.5, 0.6) is 17.2 Å². The van der Waals surface area contributed by atoms with Crippen LogP contribution in [0.4, 0.5) is 0 Å². The first-order chi connectivity index (χ1) is 13.6. The largest absolute Gasteiger partial charge is 0.493 e. The number of carbonyl (C=O) groups is 1. The zero-order chi connectivity index (χ0) is 20.4. The van der Waals surface area contributed by atoms with Gasteiger partial charge in [0.05, 0.1) is 21.3 Å². The summed E-state index contributed by atoms with van der Waals surface area (Å²) < 4.78 is 16.0. The molecule has 0 aliphatic rings. The second kappa shape index (κ2) is 11.5. The summed E-state index contributed by atoms with van der Waals surface area (Å²) in [5.74, 6) is 3.01. The van der Waals surface area contributed by atoms with Crippen LogP contribution in [0.1, 0.15) is 11.1 Å². The highest BCUT2D eigenvalue weighted by molar-refractivity contribution is 7.98. The van der Waals surface area contributed by atoms with Gasteiger partial charge in [-0.25, -0.2) is 0 Å². The number of ether oxygens (including phenoxy) is 3. The molecule has 28 heavy (non-hydrogen) atoms. The number of benzene rings is 2. The topological polar surface area (TPSA) is 56.8 Å². The van der Waals surface area contributed by atoms with Crippen molar-refractivity contribution in [3.63, 3.8) is 0 Å². The van der Waals surface area contributed by atoms with Crippen LogP contribution in [0.2, 0.25) is 5.02 Å². The lowest BCUT2D eigenvalue weighted by atomic mass is 10.1. The normalized spacial score (nSPS) is 10.7. The Labute approximate surface area is 175 Å². The maximum atomic E-state index is 12.1. The molecule has 7 heteroatoms. The van der Waals surface area contributed by atoms with Crippen molar-refractivity contribution >= 4 is 35.3 Å². The zero-order valence-electron chi connectivity index (χ0n) is 16.2. The number of carbonyl (C=O) groups excluding carboxylic acids is 1. The third-order valence-electron chi connectivity index (χ3n) is 3.91. The molecule has 2 aromatic rings. The number of nitrogens with one attached hydrogen (secondary N) is 1. The minimum absolute atomic E-state index is 0.171. The van der Waals surface area contributed by atoms with Crippen molar-refractivity contribution in [2.45, 2.75) is 5.75 Å². The van der Waals surface area contributed by atoms with Gasteiger partial charge in [0, 0.05) is 34.7 Å². The average Bonchev–Trinajstić information content (AvgIpc) is 2.72. The Hall–Kier alpha value is -2.31. The van der Waals surface area contributed by atoms with Crippen LogP contribution in [-0.4, -0.2) is 39.5 Å². The summed E-state index contributed by atoms with van der Waals surface area (Å²) in [6.07, 6.45) is 3.16. The summed E-state index contributed by atoms with van der Waals surface area (Å²) >= 11 is 7.85. The first-order valence-corrected chi connectivity index (χ1v) is 10.2. The zero-order valence-corrected chi connectivity index (χ0v) is 17.7. The van der Waals surface area contributed by atoms with Gasteiger partial charge in [-0.15, -0.1) is 0 Å². The quantitative estimate of drug-likeness (QED) is 0.454. The summed E-state index contributed by atoms with van der Waals surface area (Å²) in [6, 6.07) is 11.3. The molecule has 0 aliphatic carbocycles.